The summed E-state index contributed by atoms with van der Waals surface area (Å²) in [5.41, 5.74) is 2.37. The lowest BCUT2D eigenvalue weighted by atomic mass is 9.69. The maximum absolute atomic E-state index is 12.0. The molecule has 24 saturated carbocycles. The third-order valence-corrected chi connectivity index (χ3v) is 39.5. The standard InChI is InChI=1S/C16H22O2.C15H21NO.C15H20O2.C13H21NO.2C11H17NO.C11H16O2.C10H15NO.C10H14O2/c1-8(2)16(17)18-13-7-11-6-12(13)15-10-4-3-9(5-10)14(11)15;1-2-13(17)16-12-7-10-6-11(12)15-9-4-3-8(5-9)14(10)15;1-2-13(16)17-12-7-10-6-11(12)15-9-4-3-8(5-9)14(10)15;1-4-14(13(15)9(2)3)12-8-10-5-6-11(12)7-10;1-7(2)11(13)12-10-6-8-3-4-9(10)5-8;1-3-11(13)12(2)10-7-8-4-5-9(10)6-8;1-7(2)11(12)13-10-6-8-3-4-9(10)5-8;1-2-10(12)11-9-6-7-3-4-8(9)5-7;1-2-10(11)12-9-6-7-3-4-8(9)5-7/h9-15H,1,3-7H2,2H3;2,8-12,14-15H,1,3-7H2,(H,16,17);2,8-12,14-15H,1,3-7H2;10-12H,2,4-8H2,1,3H3;8-10H,1,3-6H2,2H3,(H,12,13);3,8-10H,1,4-7H2,2H3;8-10H,1,3-6H2,2H3;2,7-9H,1,3-6H2,(H,11,12);2,7-9H,1,3-6H2. The molecule has 5 amide bonds. The Balaban J connectivity index is 0.000000107. The lowest BCUT2D eigenvalue weighted by molar-refractivity contribution is -0.149. The summed E-state index contributed by atoms with van der Waals surface area (Å²) in [4.78, 5) is 106. The molecule has 0 aromatic carbocycles. The summed E-state index contributed by atoms with van der Waals surface area (Å²) in [6, 6.07) is 2.38. The van der Waals surface area contributed by atoms with E-state index in [0.717, 1.165) is 186 Å². The molecule has 39 atom stereocenters. The molecular weight excluding hydrogens is 1620 g/mol. The van der Waals surface area contributed by atoms with E-state index in [1.165, 1.54) is 255 Å². The van der Waals surface area contributed by atoms with Crippen LogP contribution >= 0.6 is 0 Å². The van der Waals surface area contributed by atoms with E-state index >= 15 is 0 Å². The SMILES string of the molecule is C=C(C)C(=O)N(CC)C1CC2CCC1C2.C=C(C)C(=O)NC1CC2CCC1C2.C=C(C)C(=O)OC1CC2CC1C1C3CCC(C3)C21.C=C(C)C(=O)OC1CC2CCC1C2.C=CC(=O)N(C)C1CC2CCC1C2.C=CC(=O)NC1CC2CC1C1C3CCC(C3)C21.C=CC(=O)NC1CC2CCC1C2.C=CC(=O)OC1CC2CC1C1C3CCC(C3)C21.C=CC(=O)OC1CC2CCC1C2. The fourth-order valence-electron chi connectivity index (χ4n) is 34.5. The number of carbonyl (C=O) groups is 9. The molecule has 18 nitrogen and oxygen atoms in total. The van der Waals surface area contributed by atoms with Gasteiger partial charge in [0.05, 0.1) is 0 Å². The molecule has 0 saturated heterocycles. The van der Waals surface area contributed by atoms with E-state index in [2.05, 4.69) is 82.1 Å². The molecule has 0 aromatic rings. The molecule has 0 aromatic heterocycles. The predicted molar refractivity (Wildman–Crippen MR) is 508 cm³/mol. The van der Waals surface area contributed by atoms with Crippen molar-refractivity contribution in [2.24, 2.45) is 178 Å². The van der Waals surface area contributed by atoms with E-state index in [-0.39, 0.29) is 77.8 Å². The Bertz CT molecular complexity index is 4080. The Hall–Kier alpha value is -7.11. The summed E-state index contributed by atoms with van der Waals surface area (Å²) in [6.07, 6.45) is 59.4. The van der Waals surface area contributed by atoms with Gasteiger partial charge in [0.2, 0.25) is 29.5 Å². The van der Waals surface area contributed by atoms with Crippen molar-refractivity contribution in [3.05, 3.63) is 112 Å². The van der Waals surface area contributed by atoms with Crippen LogP contribution in [-0.2, 0) is 62.1 Å². The number of fused-ring (bicyclic) bond motifs is 39. The van der Waals surface area contributed by atoms with Crippen molar-refractivity contribution in [3.8, 4) is 0 Å². The number of ether oxygens (including phenoxy) is 4. The van der Waals surface area contributed by atoms with Crippen LogP contribution in [0.25, 0.3) is 0 Å². The molecule has 39 unspecified atom stereocenters. The van der Waals surface area contributed by atoms with Crippen molar-refractivity contribution in [2.45, 2.75) is 340 Å². The van der Waals surface area contributed by atoms with Crippen LogP contribution in [0, 0.1) is 178 Å². The Morgan fingerprint density at radius 2 is 0.646 bits per heavy atom. The van der Waals surface area contributed by atoms with Gasteiger partial charge in [0.15, 0.2) is 0 Å². The fourth-order valence-corrected chi connectivity index (χ4v) is 34.5. The van der Waals surface area contributed by atoms with Gasteiger partial charge in [0, 0.05) is 78.2 Å². The summed E-state index contributed by atoms with van der Waals surface area (Å²) < 4.78 is 21.8. The molecule has 24 aliphatic rings. The van der Waals surface area contributed by atoms with Crippen molar-refractivity contribution < 1.29 is 62.1 Å². The normalized spacial score (nSPS) is 42.9. The highest BCUT2D eigenvalue weighted by molar-refractivity contribution is 5.93. The Kier molecular flexibility index (Phi) is 30.7. The molecule has 24 aliphatic carbocycles. The first-order valence-corrected chi connectivity index (χ1v) is 52.5. The van der Waals surface area contributed by atoms with Gasteiger partial charge in [-0.15, -0.1) is 0 Å². The highest BCUT2D eigenvalue weighted by Crippen LogP contribution is 2.71. The van der Waals surface area contributed by atoms with Crippen LogP contribution in [0.3, 0.4) is 0 Å². The quantitative estimate of drug-likeness (QED) is 0.0473. The zero-order valence-electron chi connectivity index (χ0n) is 80.3. The lowest BCUT2D eigenvalue weighted by Crippen LogP contribution is -2.44. The van der Waals surface area contributed by atoms with Crippen LogP contribution < -0.4 is 16.0 Å². The van der Waals surface area contributed by atoms with Crippen LogP contribution in [0.4, 0.5) is 0 Å². The maximum Gasteiger partial charge on any atom is 0.333 e. The largest absolute Gasteiger partial charge is 0.459 e. The molecule has 24 rings (SSSR count). The van der Waals surface area contributed by atoms with Gasteiger partial charge in [0.1, 0.15) is 24.4 Å². The van der Waals surface area contributed by atoms with Crippen molar-refractivity contribution in [1.29, 1.82) is 0 Å². The van der Waals surface area contributed by atoms with Gasteiger partial charge in [-0.2, -0.15) is 0 Å². The molecule has 18 heteroatoms. The van der Waals surface area contributed by atoms with E-state index in [1.807, 2.05) is 23.8 Å². The Morgan fingerprint density at radius 3 is 1.01 bits per heavy atom. The highest BCUT2D eigenvalue weighted by atomic mass is 16.6. The van der Waals surface area contributed by atoms with Gasteiger partial charge in [-0.1, -0.05) is 84.9 Å². The number of hydrogen-bond donors (Lipinski definition) is 3. The number of esters is 4. The van der Waals surface area contributed by atoms with Gasteiger partial charge < -0.3 is 44.7 Å². The van der Waals surface area contributed by atoms with Crippen LogP contribution in [0.15, 0.2) is 112 Å². The second-order valence-corrected chi connectivity index (χ2v) is 46.7. The van der Waals surface area contributed by atoms with Crippen LogP contribution in [-0.4, -0.2) is 131 Å². The van der Waals surface area contributed by atoms with Crippen LogP contribution in [0.5, 0.6) is 0 Å². The van der Waals surface area contributed by atoms with E-state index in [4.69, 9.17) is 18.9 Å². The molecule has 24 bridgehead atoms. The third kappa shape index (κ3) is 20.7. The molecule has 714 valence electrons. The second-order valence-electron chi connectivity index (χ2n) is 46.7. The molecule has 0 spiro atoms. The predicted octanol–water partition coefficient (Wildman–Crippen LogP) is 20.3. The smallest absolute Gasteiger partial charge is 0.333 e. The first kappa shape index (κ1) is 96.0. The minimum atomic E-state index is -0.257. The van der Waals surface area contributed by atoms with Crippen molar-refractivity contribution in [1.82, 2.24) is 25.8 Å². The number of nitrogens with one attached hydrogen (secondary N) is 3. The number of hydrogen-bond acceptors (Lipinski definition) is 13. The van der Waals surface area contributed by atoms with E-state index < -0.39 is 0 Å². The minimum Gasteiger partial charge on any atom is -0.459 e. The first-order chi connectivity index (χ1) is 62.5. The van der Waals surface area contributed by atoms with E-state index in [0.29, 0.717) is 76.2 Å². The van der Waals surface area contributed by atoms with Crippen molar-refractivity contribution >= 4 is 53.4 Å². The van der Waals surface area contributed by atoms with Gasteiger partial charge in [-0.25, -0.2) is 19.2 Å². The maximum atomic E-state index is 12.0. The summed E-state index contributed by atoms with van der Waals surface area (Å²) in [7, 11) is 1.91. The number of rotatable bonds is 19. The monoisotopic (exact) mass is 1790 g/mol. The number of likely N-dealkylation sites (N-methyl/N-ethyl adjacent to an activating group) is 2. The molecule has 0 radical (unpaired) electrons. The van der Waals surface area contributed by atoms with E-state index in [9.17, 15) is 43.2 Å². The molecule has 130 heavy (non-hydrogen) atoms. The summed E-state index contributed by atoms with van der Waals surface area (Å²) in [6.45, 7) is 42.0. The minimum absolute atomic E-state index is 0.00690. The Morgan fingerprint density at radius 1 is 0.300 bits per heavy atom. The molecule has 24 fully saturated rings. The molecular formula is C112H163N5O13. The first-order valence-electron chi connectivity index (χ1n) is 52.5. The number of carbonyl (C=O) groups excluding carboxylic acids is 9. The van der Waals surface area contributed by atoms with Gasteiger partial charge in [-0.05, 0) is 455 Å². The zero-order chi connectivity index (χ0) is 91.9. The average molecular weight is 1790 g/mol. The second kappa shape index (κ2) is 41.6. The highest BCUT2D eigenvalue weighted by Gasteiger charge is 2.66. The van der Waals surface area contributed by atoms with Gasteiger partial charge >= 0.3 is 23.9 Å². The van der Waals surface area contributed by atoms with Crippen LogP contribution in [0.1, 0.15) is 285 Å². The summed E-state index contributed by atoms with van der Waals surface area (Å²) >= 11 is 0. The Labute approximate surface area is 779 Å². The van der Waals surface area contributed by atoms with Gasteiger partial charge in [-0.3, -0.25) is 24.0 Å². The molecule has 0 heterocycles. The summed E-state index contributed by atoms with van der Waals surface area (Å²) in [5.74, 6) is 25.7. The zero-order valence-corrected chi connectivity index (χ0v) is 80.3. The van der Waals surface area contributed by atoms with E-state index in [1.54, 1.807) is 20.8 Å². The van der Waals surface area contributed by atoms with Crippen LogP contribution in [0.2, 0.25) is 0 Å². The van der Waals surface area contributed by atoms with Crippen molar-refractivity contribution in [3.63, 3.8) is 0 Å². The number of amides is 5. The number of nitrogens with zero attached hydrogens (tertiary/aromatic N) is 2. The fraction of sp³-hybridized carbons (Fsp3) is 0.759. The van der Waals surface area contributed by atoms with Gasteiger partial charge in [0.25, 0.3) is 0 Å². The topological polar surface area (TPSA) is 233 Å². The molecule has 3 N–H and O–H groups in total. The average Bonchev–Trinajstić information content (AvgIpc) is 1.56. The lowest BCUT2D eigenvalue weighted by Gasteiger charge is -2.38. The molecule has 0 aliphatic heterocycles. The third-order valence-electron chi connectivity index (χ3n) is 39.5. The van der Waals surface area contributed by atoms with Crippen molar-refractivity contribution in [2.75, 3.05) is 13.6 Å². The summed E-state index contributed by atoms with van der Waals surface area (Å²) in [5, 5.41) is 9.25.